The fraction of sp³-hybridized carbons (Fsp3) is 0.625. The molecule has 6 nitrogen and oxygen atoms in total. The number of imide groups is 1. The van der Waals surface area contributed by atoms with E-state index in [1.54, 1.807) is 0 Å². The summed E-state index contributed by atoms with van der Waals surface area (Å²) < 4.78 is 40.6. The Kier molecular flexibility index (Phi) is 4.67. The second-order valence-electron chi connectivity index (χ2n) is 10.1. The molecule has 1 aromatic rings. The van der Waals surface area contributed by atoms with Crippen LogP contribution in [0.15, 0.2) is 18.2 Å². The zero-order chi connectivity index (χ0) is 23.1. The highest BCUT2D eigenvalue weighted by atomic mass is 19.4. The third kappa shape index (κ3) is 3.00. The average Bonchev–Trinajstić information content (AvgIpc) is 3.04. The van der Waals surface area contributed by atoms with Gasteiger partial charge in [0.05, 0.1) is 16.7 Å². The standard InChI is InChI=1S/C24H26F3N3O3/c25-24(26,27)16-7-1-5-15-19(16)23(33)30(21(15)31)18-9-8-17-14-6-3-11-28-10-2-4-13(20(14)28)12-29(17)22(18)32/h1,5,7,13-14,17-18,20H,2-4,6,8-12H2/t13-,14+,17+,18?,20?/m0/s1. The number of carbonyl (C=O) groups is 3. The van der Waals surface area contributed by atoms with Gasteiger partial charge in [0.2, 0.25) is 5.91 Å². The lowest BCUT2D eigenvalue weighted by Crippen LogP contribution is -2.69. The molecule has 5 heterocycles. The Bertz CT molecular complexity index is 1040. The van der Waals surface area contributed by atoms with Crippen LogP contribution in [0, 0.1) is 11.8 Å². The summed E-state index contributed by atoms with van der Waals surface area (Å²) in [7, 11) is 0. The van der Waals surface area contributed by atoms with Crippen molar-refractivity contribution < 1.29 is 27.6 Å². The van der Waals surface area contributed by atoms with Crippen molar-refractivity contribution in [2.24, 2.45) is 11.8 Å². The first-order valence-corrected chi connectivity index (χ1v) is 11.9. The van der Waals surface area contributed by atoms with E-state index in [2.05, 4.69) is 4.90 Å². The first kappa shape index (κ1) is 21.1. The van der Waals surface area contributed by atoms with Gasteiger partial charge in [-0.05, 0) is 75.6 Å². The van der Waals surface area contributed by atoms with Gasteiger partial charge in [-0.25, -0.2) is 0 Å². The molecule has 5 aliphatic rings. The Hall–Kier alpha value is -2.42. The van der Waals surface area contributed by atoms with E-state index in [0.29, 0.717) is 37.3 Å². The molecule has 4 saturated heterocycles. The topological polar surface area (TPSA) is 60.9 Å². The Balaban J connectivity index is 1.31. The second-order valence-corrected chi connectivity index (χ2v) is 10.1. The smallest absolute Gasteiger partial charge is 0.337 e. The van der Waals surface area contributed by atoms with Crippen molar-refractivity contribution >= 4 is 17.7 Å². The van der Waals surface area contributed by atoms with Crippen molar-refractivity contribution in [3.05, 3.63) is 34.9 Å². The van der Waals surface area contributed by atoms with Gasteiger partial charge >= 0.3 is 6.18 Å². The predicted molar refractivity (Wildman–Crippen MR) is 111 cm³/mol. The van der Waals surface area contributed by atoms with Crippen molar-refractivity contribution in [2.75, 3.05) is 19.6 Å². The molecule has 5 aliphatic heterocycles. The van der Waals surface area contributed by atoms with Crippen molar-refractivity contribution in [1.82, 2.24) is 14.7 Å². The molecule has 0 N–H and O–H groups in total. The second kappa shape index (κ2) is 7.29. The monoisotopic (exact) mass is 461 g/mol. The van der Waals surface area contributed by atoms with Crippen LogP contribution in [-0.2, 0) is 11.0 Å². The van der Waals surface area contributed by atoms with Gasteiger partial charge < -0.3 is 4.90 Å². The fourth-order valence-electron chi connectivity index (χ4n) is 7.32. The van der Waals surface area contributed by atoms with Crippen molar-refractivity contribution in [2.45, 2.75) is 62.8 Å². The minimum atomic E-state index is -4.76. The zero-order valence-electron chi connectivity index (χ0n) is 18.2. The minimum Gasteiger partial charge on any atom is -0.337 e. The molecule has 0 radical (unpaired) electrons. The maximum atomic E-state index is 13.7. The lowest BCUT2D eigenvalue weighted by Gasteiger charge is -2.59. The summed E-state index contributed by atoms with van der Waals surface area (Å²) in [5, 5.41) is 0. The van der Waals surface area contributed by atoms with Crippen LogP contribution in [0.1, 0.15) is 64.8 Å². The van der Waals surface area contributed by atoms with Crippen LogP contribution in [0.4, 0.5) is 13.2 Å². The molecule has 2 unspecified atom stereocenters. The van der Waals surface area contributed by atoms with Gasteiger partial charge in [0.1, 0.15) is 6.04 Å². The highest BCUT2D eigenvalue weighted by Gasteiger charge is 2.55. The van der Waals surface area contributed by atoms with E-state index in [-0.39, 0.29) is 17.5 Å². The number of piperidine rings is 4. The molecule has 5 atom stereocenters. The van der Waals surface area contributed by atoms with Crippen LogP contribution in [-0.4, -0.2) is 70.2 Å². The van der Waals surface area contributed by atoms with Crippen LogP contribution < -0.4 is 0 Å². The summed E-state index contributed by atoms with van der Waals surface area (Å²) in [5.74, 6) is -1.32. The molecule has 176 valence electrons. The van der Waals surface area contributed by atoms with Crippen molar-refractivity contribution in [3.63, 3.8) is 0 Å². The van der Waals surface area contributed by atoms with Crippen LogP contribution in [0.2, 0.25) is 0 Å². The van der Waals surface area contributed by atoms with E-state index in [0.717, 1.165) is 55.8 Å². The maximum absolute atomic E-state index is 13.7. The number of alkyl halides is 3. The quantitative estimate of drug-likeness (QED) is 0.603. The van der Waals surface area contributed by atoms with Gasteiger partial charge in [0, 0.05) is 18.6 Å². The molecule has 0 aliphatic carbocycles. The number of hydrogen-bond donors (Lipinski definition) is 0. The van der Waals surface area contributed by atoms with E-state index >= 15 is 0 Å². The maximum Gasteiger partial charge on any atom is 0.417 e. The van der Waals surface area contributed by atoms with Gasteiger partial charge in [0.15, 0.2) is 0 Å². The Morgan fingerprint density at radius 2 is 1.67 bits per heavy atom. The van der Waals surface area contributed by atoms with Gasteiger partial charge in [-0.15, -0.1) is 0 Å². The molecule has 9 heteroatoms. The molecule has 3 amide bonds. The minimum absolute atomic E-state index is 0.0804. The molecule has 33 heavy (non-hydrogen) atoms. The number of carbonyl (C=O) groups excluding carboxylic acids is 3. The largest absolute Gasteiger partial charge is 0.417 e. The number of halogens is 3. The van der Waals surface area contributed by atoms with Gasteiger partial charge in [-0.3, -0.25) is 24.2 Å². The van der Waals surface area contributed by atoms with Gasteiger partial charge in [0.25, 0.3) is 11.8 Å². The fourth-order valence-corrected chi connectivity index (χ4v) is 7.32. The van der Waals surface area contributed by atoms with Crippen molar-refractivity contribution in [1.29, 1.82) is 0 Å². The first-order valence-electron chi connectivity index (χ1n) is 11.9. The SMILES string of the molecule is O=C1c2cccc(C(F)(F)F)c2C(=O)N1C1CC[C@@H]2[C@H]3CCCN4CCC[C@@H](CN2C1=O)C34. The number of amides is 3. The highest BCUT2D eigenvalue weighted by molar-refractivity contribution is 6.23. The summed E-state index contributed by atoms with van der Waals surface area (Å²) in [6.07, 6.45) is 0.545. The van der Waals surface area contributed by atoms with Crippen LogP contribution in [0.5, 0.6) is 0 Å². The number of fused-ring (bicyclic) bond motifs is 3. The third-order valence-corrected chi connectivity index (χ3v) is 8.54. The van der Waals surface area contributed by atoms with Crippen molar-refractivity contribution in [3.8, 4) is 0 Å². The lowest BCUT2D eigenvalue weighted by atomic mass is 9.67. The zero-order valence-corrected chi connectivity index (χ0v) is 18.2. The summed E-state index contributed by atoms with van der Waals surface area (Å²) in [6, 6.07) is 2.73. The van der Waals surface area contributed by atoms with Crippen LogP contribution in [0.3, 0.4) is 0 Å². The summed E-state index contributed by atoms with van der Waals surface area (Å²) in [4.78, 5) is 45.1. The molecule has 0 bridgehead atoms. The third-order valence-electron chi connectivity index (χ3n) is 8.54. The average molecular weight is 461 g/mol. The Labute approximate surface area is 189 Å². The molecule has 1 aromatic carbocycles. The van der Waals surface area contributed by atoms with Gasteiger partial charge in [-0.2, -0.15) is 13.2 Å². The summed E-state index contributed by atoms with van der Waals surface area (Å²) in [5.41, 5.74) is -2.01. The first-order chi connectivity index (χ1) is 15.8. The summed E-state index contributed by atoms with van der Waals surface area (Å²) in [6.45, 7) is 2.82. The molecular formula is C24H26F3N3O3. The molecule has 0 aromatic heterocycles. The van der Waals surface area contributed by atoms with E-state index in [1.807, 2.05) is 4.90 Å². The number of benzene rings is 1. The van der Waals surface area contributed by atoms with E-state index in [1.165, 1.54) is 6.07 Å². The predicted octanol–water partition coefficient (Wildman–Crippen LogP) is 3.17. The summed E-state index contributed by atoms with van der Waals surface area (Å²) >= 11 is 0. The molecule has 6 rings (SSSR count). The molecular weight excluding hydrogens is 435 g/mol. The number of nitrogens with zero attached hydrogens (tertiary/aromatic N) is 3. The van der Waals surface area contributed by atoms with E-state index < -0.39 is 35.2 Å². The van der Waals surface area contributed by atoms with E-state index in [4.69, 9.17) is 0 Å². The Morgan fingerprint density at radius 3 is 2.42 bits per heavy atom. The molecule has 0 saturated carbocycles. The number of rotatable bonds is 1. The molecule has 0 spiro atoms. The normalized spacial score (nSPS) is 34.3. The highest BCUT2D eigenvalue weighted by Crippen LogP contribution is 2.46. The molecule has 4 fully saturated rings. The Morgan fingerprint density at radius 1 is 0.909 bits per heavy atom. The lowest BCUT2D eigenvalue weighted by molar-refractivity contribution is -0.156. The number of hydrogen-bond acceptors (Lipinski definition) is 4. The van der Waals surface area contributed by atoms with E-state index in [9.17, 15) is 27.6 Å². The van der Waals surface area contributed by atoms with Crippen LogP contribution >= 0.6 is 0 Å². The van der Waals surface area contributed by atoms with Crippen LogP contribution in [0.25, 0.3) is 0 Å². The van der Waals surface area contributed by atoms with Gasteiger partial charge in [-0.1, -0.05) is 6.07 Å².